The van der Waals surface area contributed by atoms with Crippen LogP contribution in [-0.2, 0) is 4.74 Å². The van der Waals surface area contributed by atoms with Crippen LogP contribution in [0.5, 0.6) is 11.5 Å². The molecule has 4 fully saturated rings. The summed E-state index contributed by atoms with van der Waals surface area (Å²) in [6.45, 7) is 3.71. The Morgan fingerprint density at radius 3 is 2.39 bits per heavy atom. The predicted octanol–water partition coefficient (Wildman–Crippen LogP) is 3.32. The van der Waals surface area contributed by atoms with Crippen molar-refractivity contribution < 1.29 is 19.0 Å². The first kappa shape index (κ1) is 23.2. The predicted molar refractivity (Wildman–Crippen MR) is 135 cm³/mol. The molecule has 3 saturated carbocycles. The molecule has 3 aromatic rings. The molecule has 3 heterocycles. The molecule has 190 valence electrons. The van der Waals surface area contributed by atoms with Gasteiger partial charge in [0.25, 0.3) is 5.91 Å². The SMILES string of the molecule is COc1ccc(-c2ccnc3cc(C(=O)N[C@]45CC[C@](N6CCOCC6)(CC4)CC5)nn23)cc1OC. The number of amides is 1. The van der Waals surface area contributed by atoms with Crippen LogP contribution in [0, 0.1) is 0 Å². The van der Waals surface area contributed by atoms with E-state index in [-0.39, 0.29) is 17.0 Å². The molecule has 0 atom stereocenters. The maximum absolute atomic E-state index is 13.4. The molecular formula is C27H33N5O4. The Morgan fingerprint density at radius 1 is 0.972 bits per heavy atom. The Morgan fingerprint density at radius 2 is 1.69 bits per heavy atom. The molecular weight excluding hydrogens is 458 g/mol. The molecule has 9 heteroatoms. The first-order chi connectivity index (χ1) is 17.5. The second-order valence-electron chi connectivity index (χ2n) is 10.3. The van der Waals surface area contributed by atoms with Gasteiger partial charge < -0.3 is 19.5 Å². The highest BCUT2D eigenvalue weighted by atomic mass is 16.5. The summed E-state index contributed by atoms with van der Waals surface area (Å²) < 4.78 is 18.1. The lowest BCUT2D eigenvalue weighted by Gasteiger charge is -2.58. The lowest BCUT2D eigenvalue weighted by atomic mass is 9.60. The summed E-state index contributed by atoms with van der Waals surface area (Å²) in [5.41, 5.74) is 2.89. The fourth-order valence-electron chi connectivity index (χ4n) is 6.39. The average molecular weight is 492 g/mol. The number of rotatable bonds is 6. The van der Waals surface area contributed by atoms with Crippen molar-refractivity contribution in [3.05, 3.63) is 42.2 Å². The summed E-state index contributed by atoms with van der Waals surface area (Å²) >= 11 is 0. The van der Waals surface area contributed by atoms with E-state index in [0.29, 0.717) is 22.8 Å². The summed E-state index contributed by atoms with van der Waals surface area (Å²) in [5.74, 6) is 1.16. The number of morpholine rings is 1. The Kier molecular flexibility index (Phi) is 5.84. The van der Waals surface area contributed by atoms with Gasteiger partial charge in [-0.3, -0.25) is 9.69 Å². The van der Waals surface area contributed by atoms with Gasteiger partial charge in [-0.05, 0) is 62.8 Å². The smallest absolute Gasteiger partial charge is 0.272 e. The van der Waals surface area contributed by atoms with Crippen LogP contribution >= 0.6 is 0 Å². The van der Waals surface area contributed by atoms with Crippen LogP contribution in [0.3, 0.4) is 0 Å². The van der Waals surface area contributed by atoms with Gasteiger partial charge in [0.1, 0.15) is 0 Å². The Bertz CT molecular complexity index is 1260. The number of nitrogens with one attached hydrogen (secondary N) is 1. The molecule has 1 amide bonds. The Balaban J connectivity index is 1.22. The van der Waals surface area contributed by atoms with Gasteiger partial charge in [-0.25, -0.2) is 9.50 Å². The van der Waals surface area contributed by atoms with Crippen LogP contribution in [0.15, 0.2) is 36.5 Å². The van der Waals surface area contributed by atoms with Crippen molar-refractivity contribution in [3.8, 4) is 22.8 Å². The van der Waals surface area contributed by atoms with Crippen LogP contribution in [0.1, 0.15) is 49.0 Å². The Labute approximate surface area is 210 Å². The highest BCUT2D eigenvalue weighted by Gasteiger charge is 2.52. The van der Waals surface area contributed by atoms with E-state index in [1.165, 1.54) is 0 Å². The normalized spacial score (nSPS) is 26.2. The van der Waals surface area contributed by atoms with Gasteiger partial charge in [0.2, 0.25) is 0 Å². The van der Waals surface area contributed by atoms with Crippen LogP contribution < -0.4 is 14.8 Å². The molecule has 0 radical (unpaired) electrons. The third-order valence-corrected chi connectivity index (χ3v) is 8.54. The maximum Gasteiger partial charge on any atom is 0.272 e. The zero-order valence-corrected chi connectivity index (χ0v) is 21.0. The standard InChI is InChI=1S/C27H33N5O4/c1-34-22-4-3-19(17-23(22)35-2)21-5-12-28-24-18-20(30-32(21)24)25(33)29-26-6-9-27(10-7-26,11-8-26)31-13-15-36-16-14-31/h3-5,12,17-18H,6-11,13-16H2,1-2H3,(H,29,33)/t26-,27+. The molecule has 0 unspecified atom stereocenters. The minimum atomic E-state index is -0.138. The highest BCUT2D eigenvalue weighted by Crippen LogP contribution is 2.50. The summed E-state index contributed by atoms with van der Waals surface area (Å²) in [5, 5.41) is 8.05. The number of fused-ring (bicyclic) bond motifs is 4. The van der Waals surface area contributed by atoms with E-state index in [9.17, 15) is 4.79 Å². The molecule has 1 aromatic carbocycles. The third kappa shape index (κ3) is 3.90. The molecule has 1 saturated heterocycles. The lowest BCUT2D eigenvalue weighted by molar-refractivity contribution is -0.0763. The van der Waals surface area contributed by atoms with E-state index >= 15 is 0 Å². The number of aromatic nitrogens is 3. The summed E-state index contributed by atoms with van der Waals surface area (Å²) in [6, 6.07) is 9.36. The molecule has 4 aliphatic rings. The maximum atomic E-state index is 13.4. The number of hydrogen-bond acceptors (Lipinski definition) is 7. The zero-order valence-electron chi connectivity index (χ0n) is 21.0. The number of benzene rings is 1. The fourth-order valence-corrected chi connectivity index (χ4v) is 6.39. The van der Waals surface area contributed by atoms with Crippen molar-refractivity contribution in [2.75, 3.05) is 40.5 Å². The first-order valence-corrected chi connectivity index (χ1v) is 12.8. The van der Waals surface area contributed by atoms with Crippen LogP contribution in [0.25, 0.3) is 16.9 Å². The molecule has 2 bridgehead atoms. The van der Waals surface area contributed by atoms with Gasteiger partial charge in [0.15, 0.2) is 22.8 Å². The minimum absolute atomic E-state index is 0.125. The van der Waals surface area contributed by atoms with Crippen molar-refractivity contribution in [1.82, 2.24) is 24.8 Å². The average Bonchev–Trinajstić information content (AvgIpc) is 3.39. The van der Waals surface area contributed by atoms with E-state index in [4.69, 9.17) is 14.2 Å². The third-order valence-electron chi connectivity index (χ3n) is 8.54. The van der Waals surface area contributed by atoms with E-state index in [1.807, 2.05) is 24.3 Å². The molecule has 3 aliphatic carbocycles. The highest BCUT2D eigenvalue weighted by molar-refractivity contribution is 5.94. The van der Waals surface area contributed by atoms with Crippen molar-refractivity contribution in [3.63, 3.8) is 0 Å². The van der Waals surface area contributed by atoms with Gasteiger partial charge in [0.05, 0.1) is 33.1 Å². The summed E-state index contributed by atoms with van der Waals surface area (Å²) in [7, 11) is 3.22. The number of nitrogens with zero attached hydrogens (tertiary/aromatic N) is 4. The molecule has 9 nitrogen and oxygen atoms in total. The number of ether oxygens (including phenoxy) is 3. The molecule has 36 heavy (non-hydrogen) atoms. The second kappa shape index (κ2) is 9.05. The first-order valence-electron chi connectivity index (χ1n) is 12.8. The van der Waals surface area contributed by atoms with Gasteiger partial charge in [0, 0.05) is 42.0 Å². The number of carbonyl (C=O) groups is 1. The van der Waals surface area contributed by atoms with Gasteiger partial charge in [-0.15, -0.1) is 0 Å². The zero-order chi connectivity index (χ0) is 24.8. The number of hydrogen-bond donors (Lipinski definition) is 1. The van der Waals surface area contributed by atoms with Crippen LogP contribution in [0.4, 0.5) is 0 Å². The topological polar surface area (TPSA) is 90.2 Å². The second-order valence-corrected chi connectivity index (χ2v) is 10.3. The molecule has 0 spiro atoms. The monoisotopic (exact) mass is 491 g/mol. The van der Waals surface area contributed by atoms with Crippen LogP contribution in [0.2, 0.25) is 0 Å². The lowest BCUT2D eigenvalue weighted by Crippen LogP contribution is -2.65. The molecule has 2 aromatic heterocycles. The number of methoxy groups -OCH3 is 2. The number of carbonyl (C=O) groups excluding carboxylic acids is 1. The van der Waals surface area contributed by atoms with Crippen molar-refractivity contribution in [1.29, 1.82) is 0 Å². The minimum Gasteiger partial charge on any atom is -0.493 e. The molecule has 1 N–H and O–H groups in total. The van der Waals surface area contributed by atoms with Crippen molar-refractivity contribution in [2.45, 2.75) is 49.6 Å². The van der Waals surface area contributed by atoms with E-state index < -0.39 is 0 Å². The Hall–Kier alpha value is -3.17. The van der Waals surface area contributed by atoms with Crippen LogP contribution in [-0.4, -0.2) is 77.0 Å². The van der Waals surface area contributed by atoms with Crippen molar-refractivity contribution in [2.24, 2.45) is 0 Å². The van der Waals surface area contributed by atoms with Gasteiger partial charge >= 0.3 is 0 Å². The van der Waals surface area contributed by atoms with E-state index in [2.05, 4.69) is 20.3 Å². The summed E-state index contributed by atoms with van der Waals surface area (Å²) in [4.78, 5) is 20.5. The molecule has 1 aliphatic heterocycles. The quantitative estimate of drug-likeness (QED) is 0.566. The van der Waals surface area contributed by atoms with Crippen molar-refractivity contribution >= 4 is 11.6 Å². The summed E-state index contributed by atoms with van der Waals surface area (Å²) in [6.07, 6.45) is 8.16. The molecule has 7 rings (SSSR count). The van der Waals surface area contributed by atoms with E-state index in [1.54, 1.807) is 31.0 Å². The van der Waals surface area contributed by atoms with Gasteiger partial charge in [-0.1, -0.05) is 0 Å². The van der Waals surface area contributed by atoms with E-state index in [0.717, 1.165) is 76.1 Å². The van der Waals surface area contributed by atoms with Gasteiger partial charge in [-0.2, -0.15) is 5.10 Å². The fraction of sp³-hybridized carbons (Fsp3) is 0.519. The largest absolute Gasteiger partial charge is 0.493 e.